The van der Waals surface area contributed by atoms with Crippen molar-refractivity contribution in [2.24, 2.45) is 0 Å². The number of aromatic nitrogens is 3. The number of piperazine rings is 1. The fraction of sp³-hybridized carbons (Fsp3) is 0.560. The largest absolute Gasteiger partial charge is 0.381 e. The number of aryl methyl sites for hydroxylation is 1. The average molecular weight is 452 g/mol. The van der Waals surface area contributed by atoms with E-state index < -0.39 is 0 Å². The molecule has 0 radical (unpaired) electrons. The van der Waals surface area contributed by atoms with Gasteiger partial charge >= 0.3 is 0 Å². The maximum absolute atomic E-state index is 13.5. The zero-order valence-electron chi connectivity index (χ0n) is 19.6. The highest BCUT2D eigenvalue weighted by Gasteiger charge is 2.25. The van der Waals surface area contributed by atoms with Gasteiger partial charge in [-0.05, 0) is 50.4 Å². The van der Waals surface area contributed by atoms with Crippen molar-refractivity contribution in [2.45, 2.75) is 45.6 Å². The third kappa shape index (κ3) is 4.17. The average Bonchev–Trinajstić information content (AvgIpc) is 3.29. The van der Waals surface area contributed by atoms with Crippen LogP contribution in [0.4, 0.5) is 0 Å². The molecule has 2 saturated heterocycles. The Bertz CT molecular complexity index is 1220. The number of unbranched alkanes of at least 4 members (excludes halogenated alkanes) is 1. The third-order valence-electron chi connectivity index (χ3n) is 7.16. The van der Waals surface area contributed by atoms with Crippen LogP contribution < -0.4 is 5.56 Å². The molecule has 8 nitrogen and oxygen atoms in total. The van der Waals surface area contributed by atoms with E-state index in [0.29, 0.717) is 24.2 Å². The highest BCUT2D eigenvalue weighted by molar-refractivity contribution is 6.07. The molecule has 1 amide bonds. The number of carbonyl (C=O) groups excluding carboxylic acids is 1. The Labute approximate surface area is 193 Å². The molecule has 4 heterocycles. The minimum atomic E-state index is -0.141. The fourth-order valence-corrected chi connectivity index (χ4v) is 5.16. The number of hydrogen-bond donors (Lipinski definition) is 1. The van der Waals surface area contributed by atoms with Gasteiger partial charge in [0.15, 0.2) is 0 Å². The summed E-state index contributed by atoms with van der Waals surface area (Å²) in [5, 5.41) is 6.04. The van der Waals surface area contributed by atoms with Crippen LogP contribution in [0.15, 0.2) is 23.1 Å². The molecule has 0 bridgehead atoms. The lowest BCUT2D eigenvalue weighted by Crippen LogP contribution is -2.48. The Kier molecular flexibility index (Phi) is 6.21. The molecule has 3 aromatic rings. The van der Waals surface area contributed by atoms with Crippen LogP contribution in [0.3, 0.4) is 0 Å². The molecule has 33 heavy (non-hydrogen) atoms. The summed E-state index contributed by atoms with van der Waals surface area (Å²) in [6, 6.07) is 4.09. The summed E-state index contributed by atoms with van der Waals surface area (Å²) in [5.74, 6) is 0.0704. The minimum absolute atomic E-state index is 0.0704. The molecule has 0 saturated carbocycles. The number of amides is 1. The predicted octanol–water partition coefficient (Wildman–Crippen LogP) is 3.10. The number of fused-ring (bicyclic) bond motifs is 3. The number of benzene rings is 1. The lowest BCUT2D eigenvalue weighted by molar-refractivity contribution is 0.0635. The molecule has 0 atom stereocenters. The molecule has 2 fully saturated rings. The quantitative estimate of drug-likeness (QED) is 0.645. The highest BCUT2D eigenvalue weighted by atomic mass is 16.5. The second-order valence-corrected chi connectivity index (χ2v) is 9.35. The maximum atomic E-state index is 13.5. The van der Waals surface area contributed by atoms with Crippen LogP contribution in [0.5, 0.6) is 0 Å². The normalized spacial score (nSPS) is 18.4. The monoisotopic (exact) mass is 451 g/mol. The zero-order valence-corrected chi connectivity index (χ0v) is 19.6. The van der Waals surface area contributed by atoms with Crippen LogP contribution in [0.1, 0.15) is 54.6 Å². The Morgan fingerprint density at radius 2 is 1.91 bits per heavy atom. The van der Waals surface area contributed by atoms with Gasteiger partial charge in [0.05, 0.1) is 28.7 Å². The van der Waals surface area contributed by atoms with Gasteiger partial charge in [0.2, 0.25) is 0 Å². The zero-order chi connectivity index (χ0) is 22.9. The lowest BCUT2D eigenvalue weighted by Gasteiger charge is -2.35. The second kappa shape index (κ2) is 9.27. The molecule has 2 aromatic heterocycles. The molecule has 2 aliphatic rings. The minimum Gasteiger partial charge on any atom is -0.381 e. The molecule has 176 valence electrons. The van der Waals surface area contributed by atoms with Crippen molar-refractivity contribution in [3.05, 3.63) is 39.8 Å². The highest BCUT2D eigenvalue weighted by Crippen LogP contribution is 2.30. The number of aromatic amines is 1. The van der Waals surface area contributed by atoms with Crippen molar-refractivity contribution in [1.82, 2.24) is 24.6 Å². The first kappa shape index (κ1) is 22.1. The molecule has 1 N–H and O–H groups in total. The van der Waals surface area contributed by atoms with Crippen molar-refractivity contribution < 1.29 is 9.53 Å². The SMILES string of the molecule is CCCCN1CCN(C(=O)c2cc3c(cc2C)[nH]c(=O)c2cnn(C4CCOCC4)c23)CC1. The molecular formula is C25H33N5O3. The van der Waals surface area contributed by atoms with E-state index in [9.17, 15) is 9.59 Å². The maximum Gasteiger partial charge on any atom is 0.259 e. The number of H-pyrrole nitrogens is 1. The summed E-state index contributed by atoms with van der Waals surface area (Å²) in [5.41, 5.74) is 3.02. The Morgan fingerprint density at radius 3 is 2.64 bits per heavy atom. The number of carbonyl (C=O) groups is 1. The van der Waals surface area contributed by atoms with Gasteiger partial charge in [-0.1, -0.05) is 13.3 Å². The molecule has 5 rings (SSSR count). The van der Waals surface area contributed by atoms with Gasteiger partial charge in [0.25, 0.3) is 11.5 Å². The van der Waals surface area contributed by atoms with E-state index >= 15 is 0 Å². The Morgan fingerprint density at radius 1 is 1.15 bits per heavy atom. The summed E-state index contributed by atoms with van der Waals surface area (Å²) >= 11 is 0. The molecule has 8 heteroatoms. The van der Waals surface area contributed by atoms with Crippen LogP contribution in [-0.2, 0) is 4.74 Å². The Balaban J connectivity index is 1.51. The van der Waals surface area contributed by atoms with Crippen LogP contribution in [0.2, 0.25) is 0 Å². The predicted molar refractivity (Wildman–Crippen MR) is 129 cm³/mol. The molecule has 0 spiro atoms. The van der Waals surface area contributed by atoms with Gasteiger partial charge in [-0.3, -0.25) is 19.2 Å². The molecular weight excluding hydrogens is 418 g/mol. The van der Waals surface area contributed by atoms with E-state index in [1.165, 1.54) is 12.8 Å². The molecule has 0 aliphatic carbocycles. The fourth-order valence-electron chi connectivity index (χ4n) is 5.16. The molecule has 2 aliphatic heterocycles. The van der Waals surface area contributed by atoms with Gasteiger partial charge in [-0.2, -0.15) is 5.10 Å². The van der Waals surface area contributed by atoms with Gasteiger partial charge in [0, 0.05) is 50.3 Å². The van der Waals surface area contributed by atoms with E-state index in [0.717, 1.165) is 67.5 Å². The third-order valence-corrected chi connectivity index (χ3v) is 7.16. The summed E-state index contributed by atoms with van der Waals surface area (Å²) in [6.07, 6.45) is 5.78. The van der Waals surface area contributed by atoms with Gasteiger partial charge in [0.1, 0.15) is 0 Å². The first-order chi connectivity index (χ1) is 16.1. The number of ether oxygens (including phenoxy) is 1. The summed E-state index contributed by atoms with van der Waals surface area (Å²) in [7, 11) is 0. The number of rotatable bonds is 5. The number of pyridine rings is 1. The van der Waals surface area contributed by atoms with Crippen molar-refractivity contribution in [3.63, 3.8) is 0 Å². The topological polar surface area (TPSA) is 83.5 Å². The van der Waals surface area contributed by atoms with Crippen LogP contribution in [0.25, 0.3) is 21.8 Å². The summed E-state index contributed by atoms with van der Waals surface area (Å²) in [6.45, 7) is 10.00. The summed E-state index contributed by atoms with van der Waals surface area (Å²) < 4.78 is 7.50. The molecule has 0 unspecified atom stereocenters. The lowest BCUT2D eigenvalue weighted by atomic mass is 10.0. The van der Waals surface area contributed by atoms with Gasteiger partial charge < -0.3 is 14.6 Å². The number of hydrogen-bond acceptors (Lipinski definition) is 5. The van der Waals surface area contributed by atoms with E-state index in [-0.39, 0.29) is 17.5 Å². The van der Waals surface area contributed by atoms with Gasteiger partial charge in [-0.25, -0.2) is 0 Å². The van der Waals surface area contributed by atoms with Crippen LogP contribution in [0, 0.1) is 6.92 Å². The van der Waals surface area contributed by atoms with Gasteiger partial charge in [-0.15, -0.1) is 0 Å². The first-order valence-electron chi connectivity index (χ1n) is 12.2. The van der Waals surface area contributed by atoms with E-state index in [1.54, 1.807) is 6.20 Å². The number of nitrogens with zero attached hydrogens (tertiary/aromatic N) is 4. The number of nitrogens with one attached hydrogen (secondary N) is 1. The van der Waals surface area contributed by atoms with E-state index in [4.69, 9.17) is 4.74 Å². The van der Waals surface area contributed by atoms with E-state index in [1.807, 2.05) is 28.6 Å². The van der Waals surface area contributed by atoms with Crippen molar-refractivity contribution in [3.8, 4) is 0 Å². The Hall–Kier alpha value is -2.71. The van der Waals surface area contributed by atoms with Crippen molar-refractivity contribution >= 4 is 27.7 Å². The van der Waals surface area contributed by atoms with Crippen molar-refractivity contribution in [2.75, 3.05) is 45.9 Å². The van der Waals surface area contributed by atoms with E-state index in [2.05, 4.69) is 21.9 Å². The first-order valence-corrected chi connectivity index (χ1v) is 12.2. The van der Waals surface area contributed by atoms with Crippen molar-refractivity contribution in [1.29, 1.82) is 0 Å². The molecule has 1 aromatic carbocycles. The van der Waals surface area contributed by atoms with Crippen LogP contribution in [-0.4, -0.2) is 76.4 Å². The second-order valence-electron chi connectivity index (χ2n) is 9.35. The smallest absolute Gasteiger partial charge is 0.259 e. The standard InChI is InChI=1S/C25H33N5O3/c1-3-4-7-28-8-10-29(11-9-28)25(32)19-15-20-22(14-17(19)2)27-24(31)21-16-26-30(23(20)21)18-5-12-33-13-6-18/h14-16,18H,3-13H2,1-2H3,(H,27,31). The summed E-state index contributed by atoms with van der Waals surface area (Å²) in [4.78, 5) is 33.7. The van der Waals surface area contributed by atoms with Crippen LogP contribution >= 0.6 is 0 Å².